The van der Waals surface area contributed by atoms with Gasteiger partial charge in [0.2, 0.25) is 5.91 Å². The van der Waals surface area contributed by atoms with Gasteiger partial charge in [-0.15, -0.1) is 0 Å². The highest BCUT2D eigenvalue weighted by molar-refractivity contribution is 5.81. The number of piperidine rings is 1. The van der Waals surface area contributed by atoms with Crippen molar-refractivity contribution in [2.45, 2.75) is 51.7 Å². The van der Waals surface area contributed by atoms with E-state index in [2.05, 4.69) is 29.1 Å². The molecule has 130 valence electrons. The molecule has 0 bridgehead atoms. The Labute approximate surface area is 138 Å². The highest BCUT2D eigenvalue weighted by Crippen LogP contribution is 2.52. The van der Waals surface area contributed by atoms with Gasteiger partial charge in [-0.2, -0.15) is 0 Å². The van der Waals surface area contributed by atoms with Gasteiger partial charge in [0, 0.05) is 50.5 Å². The van der Waals surface area contributed by atoms with E-state index in [0.29, 0.717) is 30.4 Å². The standard InChI is InChI=1S/C17H30N4O2/c1-17(2)14(12-6-8-23-15(12)17)20-16(19-3)21-7-4-5-11(10-21)9-13(18)22/h11-12,14-15H,4-10H2,1-3H3,(H2,18,22)(H,19,20). The highest BCUT2D eigenvalue weighted by Gasteiger charge is 2.59. The largest absolute Gasteiger partial charge is 0.377 e. The molecule has 6 nitrogen and oxygen atoms in total. The molecule has 0 aromatic rings. The summed E-state index contributed by atoms with van der Waals surface area (Å²) in [5.74, 6) is 1.69. The first-order chi connectivity index (χ1) is 10.9. The molecule has 2 aliphatic heterocycles. The Morgan fingerprint density at radius 1 is 1.43 bits per heavy atom. The van der Waals surface area contributed by atoms with Gasteiger partial charge in [-0.25, -0.2) is 0 Å². The van der Waals surface area contributed by atoms with E-state index in [1.54, 1.807) is 0 Å². The van der Waals surface area contributed by atoms with Crippen LogP contribution in [0.5, 0.6) is 0 Å². The molecule has 0 radical (unpaired) electrons. The van der Waals surface area contributed by atoms with Crippen LogP contribution in [0.15, 0.2) is 4.99 Å². The van der Waals surface area contributed by atoms with E-state index in [-0.39, 0.29) is 11.3 Å². The number of rotatable bonds is 3. The van der Waals surface area contributed by atoms with Gasteiger partial charge in [0.15, 0.2) is 5.96 Å². The third-order valence-electron chi connectivity index (χ3n) is 5.91. The van der Waals surface area contributed by atoms with Crippen LogP contribution >= 0.6 is 0 Å². The number of nitrogens with two attached hydrogens (primary N) is 1. The van der Waals surface area contributed by atoms with Gasteiger partial charge in [-0.1, -0.05) is 13.8 Å². The second-order valence-electron chi connectivity index (χ2n) is 7.86. The van der Waals surface area contributed by atoms with Crippen LogP contribution in [-0.4, -0.2) is 55.7 Å². The topological polar surface area (TPSA) is 80.0 Å². The Balaban J connectivity index is 1.63. The number of hydrogen-bond donors (Lipinski definition) is 2. The predicted molar refractivity (Wildman–Crippen MR) is 90.0 cm³/mol. The summed E-state index contributed by atoms with van der Waals surface area (Å²) in [5.41, 5.74) is 5.50. The number of guanidine groups is 1. The van der Waals surface area contributed by atoms with E-state index in [9.17, 15) is 4.79 Å². The maximum Gasteiger partial charge on any atom is 0.217 e. The lowest BCUT2D eigenvalue weighted by Gasteiger charge is -2.55. The van der Waals surface area contributed by atoms with Crippen molar-refractivity contribution in [3.05, 3.63) is 0 Å². The van der Waals surface area contributed by atoms with Gasteiger partial charge in [0.25, 0.3) is 0 Å². The molecule has 4 unspecified atom stereocenters. The van der Waals surface area contributed by atoms with Gasteiger partial charge >= 0.3 is 0 Å². The minimum absolute atomic E-state index is 0.138. The molecule has 0 aromatic carbocycles. The monoisotopic (exact) mass is 322 g/mol. The number of carbonyl (C=O) groups is 1. The summed E-state index contributed by atoms with van der Waals surface area (Å²) in [5, 5.41) is 3.69. The zero-order chi connectivity index (χ0) is 16.6. The molecule has 4 atom stereocenters. The molecule has 1 saturated carbocycles. The number of likely N-dealkylation sites (tertiary alicyclic amines) is 1. The first-order valence-electron chi connectivity index (χ1n) is 8.81. The van der Waals surface area contributed by atoms with Crippen LogP contribution in [0.1, 0.15) is 39.5 Å². The van der Waals surface area contributed by atoms with Crippen molar-refractivity contribution in [2.75, 3.05) is 26.7 Å². The van der Waals surface area contributed by atoms with Crippen LogP contribution in [0.4, 0.5) is 0 Å². The summed E-state index contributed by atoms with van der Waals surface area (Å²) in [6.07, 6.45) is 4.14. The minimum atomic E-state index is -0.203. The van der Waals surface area contributed by atoms with Gasteiger partial charge < -0.3 is 20.7 Å². The maximum absolute atomic E-state index is 11.2. The molecule has 6 heteroatoms. The summed E-state index contributed by atoms with van der Waals surface area (Å²) in [4.78, 5) is 18.0. The molecule has 2 heterocycles. The zero-order valence-corrected chi connectivity index (χ0v) is 14.5. The van der Waals surface area contributed by atoms with E-state index in [4.69, 9.17) is 10.5 Å². The highest BCUT2D eigenvalue weighted by atomic mass is 16.5. The minimum Gasteiger partial charge on any atom is -0.377 e. The summed E-state index contributed by atoms with van der Waals surface area (Å²) in [6, 6.07) is 0.408. The van der Waals surface area contributed by atoms with E-state index in [1.165, 1.54) is 0 Å². The average molecular weight is 322 g/mol. The molecule has 3 aliphatic rings. The lowest BCUT2D eigenvalue weighted by molar-refractivity contribution is -0.119. The number of nitrogens with one attached hydrogen (secondary N) is 1. The van der Waals surface area contributed by atoms with E-state index >= 15 is 0 Å². The summed E-state index contributed by atoms with van der Waals surface area (Å²) >= 11 is 0. The second kappa shape index (κ2) is 6.30. The number of carbonyl (C=O) groups excluding carboxylic acids is 1. The molecule has 23 heavy (non-hydrogen) atoms. The number of ether oxygens (including phenoxy) is 1. The van der Waals surface area contributed by atoms with Crippen molar-refractivity contribution in [1.82, 2.24) is 10.2 Å². The van der Waals surface area contributed by atoms with Crippen LogP contribution in [0.25, 0.3) is 0 Å². The molecule has 3 rings (SSSR count). The van der Waals surface area contributed by atoms with Crippen LogP contribution in [0.3, 0.4) is 0 Å². The van der Waals surface area contributed by atoms with Gasteiger partial charge in [-0.3, -0.25) is 9.79 Å². The molecule has 1 amide bonds. The quantitative estimate of drug-likeness (QED) is 0.599. The Hall–Kier alpha value is -1.30. The van der Waals surface area contributed by atoms with Crippen molar-refractivity contribution in [2.24, 2.45) is 28.0 Å². The SMILES string of the molecule is CN=C(NC1C2CCOC2C1(C)C)N1CCCC(CC(N)=O)C1. The molecular weight excluding hydrogens is 292 g/mol. The van der Waals surface area contributed by atoms with Crippen LogP contribution < -0.4 is 11.1 Å². The third kappa shape index (κ3) is 3.05. The molecule has 0 spiro atoms. The van der Waals surface area contributed by atoms with Crippen LogP contribution in [0.2, 0.25) is 0 Å². The molecule has 3 N–H and O–H groups in total. The number of amides is 1. The van der Waals surface area contributed by atoms with Gasteiger partial charge in [0.05, 0.1) is 6.10 Å². The van der Waals surface area contributed by atoms with Crippen LogP contribution in [-0.2, 0) is 9.53 Å². The molecule has 3 fully saturated rings. The number of hydrogen-bond acceptors (Lipinski definition) is 3. The number of aliphatic imine (C=N–C) groups is 1. The summed E-state index contributed by atoms with van der Waals surface area (Å²) in [6.45, 7) is 7.28. The Kier molecular flexibility index (Phi) is 4.54. The average Bonchev–Trinajstić information content (AvgIpc) is 2.94. The predicted octanol–water partition coefficient (Wildman–Crippen LogP) is 0.963. The normalized spacial score (nSPS) is 36.3. The molecule has 1 aliphatic carbocycles. The van der Waals surface area contributed by atoms with Crippen molar-refractivity contribution in [1.29, 1.82) is 0 Å². The van der Waals surface area contributed by atoms with E-state index in [1.807, 2.05) is 7.05 Å². The molecule has 0 aromatic heterocycles. The fraction of sp³-hybridized carbons (Fsp3) is 0.882. The summed E-state index contributed by atoms with van der Waals surface area (Å²) in [7, 11) is 1.84. The number of fused-ring (bicyclic) bond motifs is 1. The van der Waals surface area contributed by atoms with E-state index in [0.717, 1.165) is 44.9 Å². The van der Waals surface area contributed by atoms with Gasteiger partial charge in [0.1, 0.15) is 0 Å². The van der Waals surface area contributed by atoms with Crippen molar-refractivity contribution < 1.29 is 9.53 Å². The molecule has 2 saturated heterocycles. The summed E-state index contributed by atoms with van der Waals surface area (Å²) < 4.78 is 5.87. The second-order valence-corrected chi connectivity index (χ2v) is 7.86. The third-order valence-corrected chi connectivity index (χ3v) is 5.91. The fourth-order valence-electron chi connectivity index (χ4n) is 4.76. The van der Waals surface area contributed by atoms with Gasteiger partial charge in [-0.05, 0) is 25.2 Å². The lowest BCUT2D eigenvalue weighted by Crippen LogP contribution is -2.68. The zero-order valence-electron chi connectivity index (χ0n) is 14.5. The van der Waals surface area contributed by atoms with Crippen molar-refractivity contribution in [3.8, 4) is 0 Å². The lowest BCUT2D eigenvalue weighted by atomic mass is 9.57. The Morgan fingerprint density at radius 3 is 2.91 bits per heavy atom. The fourth-order valence-corrected chi connectivity index (χ4v) is 4.76. The Morgan fingerprint density at radius 2 is 2.22 bits per heavy atom. The smallest absolute Gasteiger partial charge is 0.217 e. The Bertz CT molecular complexity index is 491. The first-order valence-corrected chi connectivity index (χ1v) is 8.81. The van der Waals surface area contributed by atoms with Crippen LogP contribution in [0, 0.1) is 17.3 Å². The molecular formula is C17H30N4O2. The first kappa shape index (κ1) is 16.6. The van der Waals surface area contributed by atoms with Crippen molar-refractivity contribution in [3.63, 3.8) is 0 Å². The number of primary amides is 1. The maximum atomic E-state index is 11.2. The number of nitrogens with zero attached hydrogens (tertiary/aromatic N) is 2. The van der Waals surface area contributed by atoms with Crippen molar-refractivity contribution >= 4 is 11.9 Å². The van der Waals surface area contributed by atoms with E-state index < -0.39 is 0 Å².